The zero-order chi connectivity index (χ0) is 29.2. The number of carbonyl (C=O) groups excluding carboxylic acids is 2. The molecule has 0 bridgehead atoms. The van der Waals surface area contributed by atoms with Crippen molar-refractivity contribution in [3.8, 4) is 0 Å². The Bertz CT molecular complexity index is 952. The van der Waals surface area contributed by atoms with Crippen LogP contribution in [0.25, 0.3) is 0 Å². The number of carbonyl (C=O) groups is 2. The molecule has 0 unspecified atom stereocenters. The Morgan fingerprint density at radius 1 is 1.18 bits per heavy atom. The minimum atomic E-state index is -0.860. The molecule has 3 N–H and O–H groups in total. The Morgan fingerprint density at radius 2 is 1.95 bits per heavy atom. The summed E-state index contributed by atoms with van der Waals surface area (Å²) in [5.74, 6) is -0.859. The number of nitrogens with one attached hydrogen (secondary N) is 1. The van der Waals surface area contributed by atoms with Gasteiger partial charge in [0.2, 0.25) is 5.91 Å². The molecule has 0 aromatic heterocycles. The summed E-state index contributed by atoms with van der Waals surface area (Å²) in [7, 11) is 0. The van der Waals surface area contributed by atoms with Crippen molar-refractivity contribution in [1.82, 2.24) is 5.32 Å². The molecule has 0 heterocycles. The molecule has 2 rings (SSSR count). The second-order valence-corrected chi connectivity index (χ2v) is 10.1. The van der Waals surface area contributed by atoms with E-state index in [2.05, 4.69) is 10.2 Å². The van der Waals surface area contributed by atoms with Gasteiger partial charge in [-0.15, -0.1) is 10.1 Å². The normalized spacial score (nSPS) is 21.5. The summed E-state index contributed by atoms with van der Waals surface area (Å²) in [5, 5.41) is 33.6. The van der Waals surface area contributed by atoms with Gasteiger partial charge in [-0.25, -0.2) is 0 Å². The zero-order valence-corrected chi connectivity index (χ0v) is 23.4. The molecule has 10 nitrogen and oxygen atoms in total. The highest BCUT2D eigenvalue weighted by molar-refractivity contribution is 5.75. The van der Waals surface area contributed by atoms with Crippen molar-refractivity contribution in [3.05, 3.63) is 70.3 Å². The van der Waals surface area contributed by atoms with Gasteiger partial charge in [-0.05, 0) is 63.4 Å². The average molecular weight is 561 g/mol. The smallest absolute Gasteiger partial charge is 0.306 e. The molecule has 0 aliphatic heterocycles. The van der Waals surface area contributed by atoms with E-state index < -0.39 is 29.4 Å². The summed E-state index contributed by atoms with van der Waals surface area (Å²) < 4.78 is 5.73. The van der Waals surface area contributed by atoms with Gasteiger partial charge >= 0.3 is 5.97 Å². The number of allylic oxidation sites excluding steroid dienone is 2. The summed E-state index contributed by atoms with van der Waals surface area (Å²) in [6.45, 7) is 2.43. The van der Waals surface area contributed by atoms with Crippen LogP contribution < -0.4 is 5.32 Å². The maximum absolute atomic E-state index is 12.5. The third-order valence-corrected chi connectivity index (χ3v) is 7.00. The lowest BCUT2D eigenvalue weighted by Crippen LogP contribution is -2.25. The first kappa shape index (κ1) is 33.0. The van der Waals surface area contributed by atoms with Crippen LogP contribution in [0, 0.1) is 22.0 Å². The number of nitrogens with zero attached hydrogens (tertiary/aromatic N) is 1. The number of rotatable bonds is 19. The zero-order valence-electron chi connectivity index (χ0n) is 23.4. The second kappa shape index (κ2) is 18.9. The number of aliphatic hydroxyl groups is 2. The molecule has 0 spiro atoms. The van der Waals surface area contributed by atoms with Gasteiger partial charge in [-0.1, -0.05) is 54.6 Å². The first-order valence-corrected chi connectivity index (χ1v) is 14.3. The quantitative estimate of drug-likeness (QED) is 0.0754. The number of benzene rings is 1. The number of aliphatic hydroxyl groups excluding tert-OH is 2. The van der Waals surface area contributed by atoms with E-state index in [-0.39, 0.29) is 30.8 Å². The molecule has 1 aromatic rings. The van der Waals surface area contributed by atoms with Gasteiger partial charge in [0.15, 0.2) is 0 Å². The molecule has 5 atom stereocenters. The number of ether oxygens (including phenoxy) is 1. The van der Waals surface area contributed by atoms with Crippen LogP contribution >= 0.6 is 0 Å². The SMILES string of the molecule is CCNC(=O)CCC/C=C\C[C@@H]1[C@@H](/C=C/[C@@H](O)CCc2ccccc2)[C@H](OC(=O)CCCCO[N+](=O)[O-])C[C@@H]1O. The lowest BCUT2D eigenvalue weighted by atomic mass is 9.89. The molecule has 1 aromatic carbocycles. The van der Waals surface area contributed by atoms with Gasteiger partial charge in [-0.2, -0.15) is 0 Å². The summed E-state index contributed by atoms with van der Waals surface area (Å²) >= 11 is 0. The first-order valence-electron chi connectivity index (χ1n) is 14.3. The number of hydrogen-bond acceptors (Lipinski definition) is 8. The van der Waals surface area contributed by atoms with Crippen LogP contribution in [0.4, 0.5) is 0 Å². The molecule has 1 aliphatic rings. The maximum Gasteiger partial charge on any atom is 0.306 e. The standard InChI is InChI=1S/C30H44N2O8/c1-2-31-29(35)15-9-4-3-8-14-25-26(20-19-24(33)18-17-23-12-6-5-7-13-23)28(22-27(25)34)40-30(36)16-10-11-21-39-32(37)38/h3,5-8,12-13,19-20,24-28,33-34H,2,4,9-11,14-18,21-22H2,1H3,(H,31,35)/b8-3-,20-19+/t24-,25+,26+,27-,28+/m0/s1. The molecular formula is C30H44N2O8. The number of unbranched alkanes of at least 4 members (excludes halogenated alkanes) is 2. The van der Waals surface area contributed by atoms with E-state index in [4.69, 9.17) is 4.74 Å². The fourth-order valence-corrected chi connectivity index (χ4v) is 4.90. The van der Waals surface area contributed by atoms with Gasteiger partial charge in [0, 0.05) is 31.7 Å². The van der Waals surface area contributed by atoms with E-state index in [9.17, 15) is 29.9 Å². The minimum Gasteiger partial charge on any atom is -0.462 e. The fraction of sp³-hybridized carbons (Fsp3) is 0.600. The molecular weight excluding hydrogens is 516 g/mol. The van der Waals surface area contributed by atoms with Gasteiger partial charge in [0.1, 0.15) is 6.10 Å². The Labute approximate surface area is 236 Å². The minimum absolute atomic E-state index is 0.0353. The Balaban J connectivity index is 1.95. The second-order valence-electron chi connectivity index (χ2n) is 10.1. The molecule has 0 saturated heterocycles. The molecule has 1 fully saturated rings. The van der Waals surface area contributed by atoms with Gasteiger partial charge < -0.3 is 25.1 Å². The topological polar surface area (TPSA) is 148 Å². The van der Waals surface area contributed by atoms with Crippen LogP contribution in [-0.4, -0.2) is 58.6 Å². The predicted octanol–water partition coefficient (Wildman–Crippen LogP) is 4.08. The highest BCUT2D eigenvalue weighted by atomic mass is 16.9. The number of amides is 1. The van der Waals surface area contributed by atoms with Crippen LogP contribution in [-0.2, 0) is 25.6 Å². The van der Waals surface area contributed by atoms with Crippen molar-refractivity contribution >= 4 is 11.9 Å². The lowest BCUT2D eigenvalue weighted by molar-refractivity contribution is -0.757. The predicted molar refractivity (Wildman–Crippen MR) is 150 cm³/mol. The average Bonchev–Trinajstić information content (AvgIpc) is 3.21. The van der Waals surface area contributed by atoms with Crippen LogP contribution in [0.3, 0.4) is 0 Å². The maximum atomic E-state index is 12.5. The molecule has 222 valence electrons. The number of hydrogen-bond donors (Lipinski definition) is 3. The fourth-order valence-electron chi connectivity index (χ4n) is 4.90. The summed E-state index contributed by atoms with van der Waals surface area (Å²) in [4.78, 5) is 38.6. The van der Waals surface area contributed by atoms with Crippen molar-refractivity contribution < 1.29 is 34.5 Å². The molecule has 1 aliphatic carbocycles. The van der Waals surface area contributed by atoms with E-state index in [1.165, 1.54) is 0 Å². The van der Waals surface area contributed by atoms with Gasteiger partial charge in [-0.3, -0.25) is 9.59 Å². The Morgan fingerprint density at radius 3 is 2.67 bits per heavy atom. The monoisotopic (exact) mass is 560 g/mol. The summed E-state index contributed by atoms with van der Waals surface area (Å²) in [6, 6.07) is 9.90. The van der Waals surface area contributed by atoms with Crippen molar-refractivity contribution in [1.29, 1.82) is 0 Å². The Kier molecular flexibility index (Phi) is 15.6. The molecule has 0 radical (unpaired) electrons. The molecule has 1 amide bonds. The van der Waals surface area contributed by atoms with Crippen LogP contribution in [0.2, 0.25) is 0 Å². The molecule has 10 heteroatoms. The van der Waals surface area contributed by atoms with E-state index in [0.29, 0.717) is 45.1 Å². The van der Waals surface area contributed by atoms with E-state index in [0.717, 1.165) is 24.8 Å². The van der Waals surface area contributed by atoms with Crippen LogP contribution in [0.1, 0.15) is 70.3 Å². The van der Waals surface area contributed by atoms with Crippen molar-refractivity contribution in [2.45, 2.75) is 89.4 Å². The van der Waals surface area contributed by atoms with Gasteiger partial charge in [0.25, 0.3) is 5.09 Å². The largest absolute Gasteiger partial charge is 0.462 e. The van der Waals surface area contributed by atoms with Crippen molar-refractivity contribution in [2.75, 3.05) is 13.2 Å². The summed E-state index contributed by atoms with van der Waals surface area (Å²) in [6.07, 6.45) is 10.6. The molecule has 40 heavy (non-hydrogen) atoms. The Hall–Kier alpha value is -3.24. The van der Waals surface area contributed by atoms with Crippen LogP contribution in [0.5, 0.6) is 0 Å². The summed E-state index contributed by atoms with van der Waals surface area (Å²) in [5.41, 5.74) is 1.14. The van der Waals surface area contributed by atoms with Crippen molar-refractivity contribution in [3.63, 3.8) is 0 Å². The van der Waals surface area contributed by atoms with E-state index >= 15 is 0 Å². The first-order chi connectivity index (χ1) is 19.3. The van der Waals surface area contributed by atoms with E-state index in [1.54, 1.807) is 6.08 Å². The third-order valence-electron chi connectivity index (χ3n) is 7.00. The van der Waals surface area contributed by atoms with Crippen molar-refractivity contribution in [2.24, 2.45) is 11.8 Å². The van der Waals surface area contributed by atoms with Crippen LogP contribution in [0.15, 0.2) is 54.6 Å². The number of aryl methyl sites for hydroxylation is 1. The third kappa shape index (κ3) is 13.2. The highest BCUT2D eigenvalue weighted by Gasteiger charge is 2.42. The van der Waals surface area contributed by atoms with E-state index in [1.807, 2.05) is 55.5 Å². The van der Waals surface area contributed by atoms with Gasteiger partial charge in [0.05, 0.1) is 18.8 Å². The molecule has 1 saturated carbocycles. The highest BCUT2D eigenvalue weighted by Crippen LogP contribution is 2.38. The lowest BCUT2D eigenvalue weighted by Gasteiger charge is -2.22. The number of esters is 1.